The Bertz CT molecular complexity index is 958. The molecule has 0 spiro atoms. The highest BCUT2D eigenvalue weighted by Gasteiger charge is 2.54. The first-order valence-corrected chi connectivity index (χ1v) is 10.4. The molecule has 166 valence electrons. The highest BCUT2D eigenvalue weighted by atomic mass is 31.2. The Hall–Kier alpha value is -2.24. The van der Waals surface area contributed by atoms with Gasteiger partial charge >= 0.3 is 27.7 Å². The summed E-state index contributed by atoms with van der Waals surface area (Å²) in [5.74, 6) is -6.37. The van der Waals surface area contributed by atoms with Gasteiger partial charge in [-0.25, -0.2) is 9.13 Å². The predicted molar refractivity (Wildman–Crippen MR) is 87.1 cm³/mol. The molecule has 16 heteroatoms. The second kappa shape index (κ2) is 8.48. The molecule has 2 rings (SSSR count). The van der Waals surface area contributed by atoms with Crippen LogP contribution in [-0.4, -0.2) is 22.1 Å². The minimum absolute atomic E-state index is 0.0454. The van der Waals surface area contributed by atoms with Crippen molar-refractivity contribution in [2.75, 3.05) is 0 Å². The predicted octanol–water partition coefficient (Wildman–Crippen LogP) is 5.58. The molecule has 2 aromatic carbocycles. The van der Waals surface area contributed by atoms with Crippen LogP contribution >= 0.6 is 15.4 Å². The van der Waals surface area contributed by atoms with E-state index in [1.165, 1.54) is 0 Å². The van der Waals surface area contributed by atoms with Crippen LogP contribution in [0.5, 0.6) is 23.0 Å². The summed E-state index contributed by atoms with van der Waals surface area (Å²) in [7, 11) is -11.4. The van der Waals surface area contributed by atoms with Gasteiger partial charge in [-0.05, 0) is 48.5 Å². The normalized spacial score (nSPS) is 16.3. The molecule has 0 saturated heterocycles. The van der Waals surface area contributed by atoms with Crippen LogP contribution in [-0.2, 0) is 13.7 Å². The number of ether oxygens (including phenoxy) is 1. The average molecular weight is 482 g/mol. The van der Waals surface area contributed by atoms with Gasteiger partial charge in [-0.2, -0.15) is 17.7 Å². The second-order valence-electron chi connectivity index (χ2n) is 5.22. The zero-order chi connectivity index (χ0) is 22.8. The van der Waals surface area contributed by atoms with E-state index in [0.717, 1.165) is 48.5 Å². The zero-order valence-corrected chi connectivity index (χ0v) is 15.9. The van der Waals surface area contributed by atoms with Gasteiger partial charge in [0.2, 0.25) is 0 Å². The van der Waals surface area contributed by atoms with E-state index in [9.17, 15) is 35.5 Å². The van der Waals surface area contributed by atoms with E-state index < -0.39 is 39.2 Å². The van der Waals surface area contributed by atoms with E-state index in [0.29, 0.717) is 0 Å². The molecule has 0 bridgehead atoms. The van der Waals surface area contributed by atoms with E-state index in [4.69, 9.17) is 14.5 Å². The Morgan fingerprint density at radius 2 is 1.03 bits per heavy atom. The molecule has 0 aromatic heterocycles. The molecular formula is C14H10F6O8P2. The topological polar surface area (TPSA) is 112 Å². The molecule has 0 heterocycles. The van der Waals surface area contributed by atoms with Crippen molar-refractivity contribution in [3.63, 3.8) is 0 Å². The van der Waals surface area contributed by atoms with Gasteiger partial charge < -0.3 is 18.7 Å². The lowest BCUT2D eigenvalue weighted by molar-refractivity contribution is -0.281. The van der Waals surface area contributed by atoms with Crippen LogP contribution in [0.4, 0.5) is 26.3 Å². The molecule has 0 aliphatic carbocycles. The van der Waals surface area contributed by atoms with Gasteiger partial charge in [-0.3, -0.25) is 4.89 Å². The second-order valence-corrected chi connectivity index (χ2v) is 8.25. The first-order chi connectivity index (χ1) is 13.6. The number of phosphoric acid groups is 1. The van der Waals surface area contributed by atoms with Crippen molar-refractivity contribution in [1.82, 2.24) is 0 Å². The van der Waals surface area contributed by atoms with Crippen molar-refractivity contribution in [3.8, 4) is 23.0 Å². The van der Waals surface area contributed by atoms with Crippen molar-refractivity contribution in [3.05, 3.63) is 48.5 Å². The van der Waals surface area contributed by atoms with E-state index >= 15 is 0 Å². The minimum atomic E-state index is -5.89. The van der Waals surface area contributed by atoms with Crippen LogP contribution in [0.2, 0.25) is 0 Å². The van der Waals surface area contributed by atoms with Gasteiger partial charge in [0.25, 0.3) is 0 Å². The third kappa shape index (κ3) is 7.22. The monoisotopic (exact) mass is 482 g/mol. The van der Waals surface area contributed by atoms with Crippen molar-refractivity contribution >= 4 is 15.4 Å². The fourth-order valence-electron chi connectivity index (χ4n) is 1.75. The Morgan fingerprint density at radius 3 is 1.40 bits per heavy atom. The van der Waals surface area contributed by atoms with Gasteiger partial charge in [-0.15, -0.1) is 13.2 Å². The Morgan fingerprint density at radius 1 is 0.667 bits per heavy atom. The van der Waals surface area contributed by atoms with Crippen molar-refractivity contribution in [2.24, 2.45) is 0 Å². The summed E-state index contributed by atoms with van der Waals surface area (Å²) >= 11 is 0. The smallest absolute Gasteiger partial charge is 0.457 e. The van der Waals surface area contributed by atoms with Crippen LogP contribution in [0.1, 0.15) is 0 Å². The summed E-state index contributed by atoms with van der Waals surface area (Å²) in [5, 5.41) is 0. The molecule has 30 heavy (non-hydrogen) atoms. The number of halogens is 6. The van der Waals surface area contributed by atoms with Crippen LogP contribution in [0, 0.1) is 0 Å². The standard InChI is InChI=1S/C14H10F6O8P2/c15-13(16,17)28-30(23,24)27-12-7-3-10(4-8-12)25-9-1-5-11(6-2-9)26-29(21,22)14(18,19)20/h1-8H,(H,21,22)(H,23,24). The van der Waals surface area contributed by atoms with Crippen molar-refractivity contribution in [2.45, 2.75) is 12.3 Å². The van der Waals surface area contributed by atoms with Crippen LogP contribution in [0.3, 0.4) is 0 Å². The number of hydrogen-bond donors (Lipinski definition) is 2. The number of benzene rings is 2. The van der Waals surface area contributed by atoms with E-state index in [-0.39, 0.29) is 11.5 Å². The summed E-state index contributed by atoms with van der Waals surface area (Å²) < 4.78 is 112. The number of rotatable bonds is 7. The molecule has 2 aromatic rings. The van der Waals surface area contributed by atoms with Gasteiger partial charge in [0, 0.05) is 0 Å². The van der Waals surface area contributed by atoms with Crippen molar-refractivity contribution in [1.29, 1.82) is 0 Å². The third-order valence-electron chi connectivity index (χ3n) is 2.87. The van der Waals surface area contributed by atoms with Crippen LogP contribution < -0.4 is 13.8 Å². The minimum Gasteiger partial charge on any atom is -0.457 e. The molecule has 0 saturated carbocycles. The summed E-state index contributed by atoms with van der Waals surface area (Å²) in [6, 6.07) is 8.32. The Kier molecular flexibility index (Phi) is 6.79. The maximum Gasteiger partial charge on any atom is 0.534 e. The summed E-state index contributed by atoms with van der Waals surface area (Å²) in [5.41, 5.74) is 0. The molecule has 2 unspecified atom stereocenters. The molecule has 2 N–H and O–H groups in total. The summed E-state index contributed by atoms with van der Waals surface area (Å²) in [6.45, 7) is 0. The third-order valence-corrected chi connectivity index (χ3v) is 4.85. The number of alkyl halides is 6. The average Bonchev–Trinajstić information content (AvgIpc) is 2.54. The van der Waals surface area contributed by atoms with Crippen LogP contribution in [0.25, 0.3) is 0 Å². The molecule has 0 aliphatic rings. The molecule has 0 aliphatic heterocycles. The largest absolute Gasteiger partial charge is 0.534 e. The van der Waals surface area contributed by atoms with Gasteiger partial charge in [0.15, 0.2) is 0 Å². The SMILES string of the molecule is O=P(O)(Oc1ccc(Oc2ccc(OP(=O)(O)C(F)(F)F)cc2)cc1)OC(F)(F)F. The molecule has 2 atom stereocenters. The first kappa shape index (κ1) is 24.0. The molecule has 0 radical (unpaired) electrons. The van der Waals surface area contributed by atoms with E-state index in [1.54, 1.807) is 0 Å². The maximum atomic E-state index is 12.3. The van der Waals surface area contributed by atoms with E-state index in [1.807, 2.05) is 0 Å². The molecule has 8 nitrogen and oxygen atoms in total. The van der Waals surface area contributed by atoms with Gasteiger partial charge in [-0.1, -0.05) is 0 Å². The lowest BCUT2D eigenvalue weighted by atomic mass is 10.3. The first-order valence-electron chi connectivity index (χ1n) is 7.33. The Labute approximate surface area is 163 Å². The molecule has 0 amide bonds. The molecule has 0 fully saturated rings. The lowest BCUT2D eigenvalue weighted by Gasteiger charge is -2.16. The summed E-state index contributed by atoms with van der Waals surface area (Å²) in [4.78, 5) is 17.8. The van der Waals surface area contributed by atoms with Gasteiger partial charge in [0.05, 0.1) is 0 Å². The fraction of sp³-hybridized carbons (Fsp3) is 0.143. The summed E-state index contributed by atoms with van der Waals surface area (Å²) in [6.07, 6.45) is -5.40. The lowest BCUT2D eigenvalue weighted by Crippen LogP contribution is -2.13. The van der Waals surface area contributed by atoms with Gasteiger partial charge in [0.1, 0.15) is 23.0 Å². The van der Waals surface area contributed by atoms with Crippen LogP contribution in [0.15, 0.2) is 48.5 Å². The highest BCUT2D eigenvalue weighted by Crippen LogP contribution is 2.58. The number of hydrogen-bond acceptors (Lipinski definition) is 6. The highest BCUT2D eigenvalue weighted by molar-refractivity contribution is 7.54. The Balaban J connectivity index is 2.01. The van der Waals surface area contributed by atoms with E-state index in [2.05, 4.69) is 13.6 Å². The van der Waals surface area contributed by atoms with Crippen molar-refractivity contribution < 1.29 is 63.6 Å². The maximum absolute atomic E-state index is 12.3. The number of phosphoric ester groups is 1. The molecular weight excluding hydrogens is 472 g/mol. The fourth-order valence-corrected chi connectivity index (χ4v) is 2.95. The quantitative estimate of drug-likeness (QED) is 0.389. The zero-order valence-electron chi connectivity index (χ0n) is 14.1.